The minimum Gasteiger partial charge on any atom is -0.746 e. The van der Waals surface area contributed by atoms with Gasteiger partial charge in [-0.3, -0.25) is 0 Å². The van der Waals surface area contributed by atoms with E-state index in [9.17, 15) is 13.0 Å². The first-order chi connectivity index (χ1) is 4.96. The molecule has 4 nitrogen and oxygen atoms in total. The first-order valence-corrected chi connectivity index (χ1v) is 4.45. The summed E-state index contributed by atoms with van der Waals surface area (Å²) in [6.45, 7) is 0. The maximum atomic E-state index is 10.5. The molecule has 1 atom stereocenters. The fourth-order valence-electron chi connectivity index (χ4n) is 0.803. The smallest absolute Gasteiger partial charge is 0.746 e. The molecule has 0 bridgehead atoms. The van der Waals surface area contributed by atoms with E-state index in [2.05, 4.69) is 0 Å². The summed E-state index contributed by atoms with van der Waals surface area (Å²) in [6.07, 6.45) is 5.91. The van der Waals surface area contributed by atoms with E-state index in [1.165, 1.54) is 12.2 Å². The maximum absolute atomic E-state index is 10.5. The Hall–Kier alpha value is 0.350. The van der Waals surface area contributed by atoms with Crippen LogP contribution in [0.15, 0.2) is 24.3 Å². The number of nitrogens with two attached hydrogens (primary N) is 1. The first kappa shape index (κ1) is 12.3. The summed E-state index contributed by atoms with van der Waals surface area (Å²) in [7, 11) is -4.44. The van der Waals surface area contributed by atoms with Gasteiger partial charge in [-0.05, 0) is 0 Å². The molecule has 0 aromatic heterocycles. The molecule has 1 rings (SSSR count). The van der Waals surface area contributed by atoms with Crippen LogP contribution in [0.3, 0.4) is 0 Å². The summed E-state index contributed by atoms with van der Waals surface area (Å²) in [5, 5.41) is 0. The van der Waals surface area contributed by atoms with Crippen LogP contribution in [0.5, 0.6) is 0 Å². The van der Waals surface area contributed by atoms with Gasteiger partial charge >= 0.3 is 29.6 Å². The van der Waals surface area contributed by atoms with Crippen LogP contribution >= 0.6 is 0 Å². The zero-order valence-corrected chi connectivity index (χ0v) is 9.54. The second kappa shape index (κ2) is 4.04. The Morgan fingerprint density at radius 3 is 2.25 bits per heavy atom. The Kier molecular flexibility index (Phi) is 4.16. The van der Waals surface area contributed by atoms with Crippen LogP contribution in [-0.4, -0.2) is 17.8 Å². The third-order valence-electron chi connectivity index (χ3n) is 1.53. The minimum atomic E-state index is -4.44. The molecule has 6 heteroatoms. The van der Waals surface area contributed by atoms with Crippen molar-refractivity contribution >= 4 is 10.1 Å². The van der Waals surface area contributed by atoms with Gasteiger partial charge in [0.2, 0.25) is 0 Å². The Morgan fingerprint density at radius 1 is 1.42 bits per heavy atom. The van der Waals surface area contributed by atoms with E-state index in [0.29, 0.717) is 0 Å². The molecule has 0 aromatic carbocycles. The van der Waals surface area contributed by atoms with Crippen molar-refractivity contribution in [2.45, 2.75) is 11.3 Å². The van der Waals surface area contributed by atoms with Crippen molar-refractivity contribution in [3.63, 3.8) is 0 Å². The van der Waals surface area contributed by atoms with Crippen LogP contribution in [0, 0.1) is 0 Å². The Bertz CT molecular complexity index is 309. The van der Waals surface area contributed by atoms with Gasteiger partial charge in [-0.1, -0.05) is 24.3 Å². The summed E-state index contributed by atoms with van der Waals surface area (Å²) >= 11 is 0. The zero-order valence-electron chi connectivity index (χ0n) is 6.73. The summed E-state index contributed by atoms with van der Waals surface area (Å²) in [5.41, 5.74) is 5.30. The molecule has 0 fully saturated rings. The Labute approximate surface area is 93.6 Å². The van der Waals surface area contributed by atoms with Gasteiger partial charge in [0.25, 0.3) is 0 Å². The fraction of sp³-hybridized carbons (Fsp3) is 0.333. The van der Waals surface area contributed by atoms with Gasteiger partial charge in [-0.2, -0.15) is 0 Å². The topological polar surface area (TPSA) is 83.2 Å². The average Bonchev–Trinajstić information content (AvgIpc) is 1.87. The summed E-state index contributed by atoms with van der Waals surface area (Å²) in [4.78, 5) is -1.73. The normalized spacial score (nSPS) is 28.2. The van der Waals surface area contributed by atoms with Crippen molar-refractivity contribution in [3.8, 4) is 0 Å². The van der Waals surface area contributed by atoms with Crippen LogP contribution in [-0.2, 0) is 10.1 Å². The molecule has 0 radical (unpaired) electrons. The number of rotatable bonds is 1. The van der Waals surface area contributed by atoms with E-state index < -0.39 is 15.0 Å². The maximum Gasteiger partial charge on any atom is 1.00 e. The Balaban J connectivity index is 0.00000121. The van der Waals surface area contributed by atoms with E-state index in [1.807, 2.05) is 0 Å². The van der Waals surface area contributed by atoms with Crippen molar-refractivity contribution in [1.82, 2.24) is 0 Å². The zero-order chi connectivity index (χ0) is 8.54. The number of allylic oxidation sites excluding steroid dienone is 2. The molecule has 0 saturated heterocycles. The molecule has 0 aromatic rings. The fourth-order valence-corrected chi connectivity index (χ4v) is 1.35. The molecule has 2 N–H and O–H groups in total. The third-order valence-corrected chi connectivity index (χ3v) is 2.76. The molecule has 0 heterocycles. The van der Waals surface area contributed by atoms with Gasteiger partial charge in [-0.15, -0.1) is 0 Å². The van der Waals surface area contributed by atoms with Crippen molar-refractivity contribution in [2.24, 2.45) is 5.73 Å². The van der Waals surface area contributed by atoms with Crippen molar-refractivity contribution < 1.29 is 42.5 Å². The van der Waals surface area contributed by atoms with E-state index in [4.69, 9.17) is 5.73 Å². The molecule has 0 saturated carbocycles. The van der Waals surface area contributed by atoms with Gasteiger partial charge in [0.15, 0.2) is 0 Å². The predicted octanol–water partition coefficient (Wildman–Crippen LogP) is -3.29. The summed E-state index contributed by atoms with van der Waals surface area (Å²) in [5.74, 6) is 0. The SMILES string of the molecule is NC1(S(=O)(=O)[O-])C=CC=CC1.[Na+]. The van der Waals surface area contributed by atoms with Crippen molar-refractivity contribution in [1.29, 1.82) is 0 Å². The molecule has 1 aliphatic rings. The van der Waals surface area contributed by atoms with Gasteiger partial charge in [0.05, 0.1) is 0 Å². The first-order valence-electron chi connectivity index (χ1n) is 3.04. The standard InChI is InChI=1S/C6H9NO3S.Na/c7-6(11(8,9)10)4-2-1-3-5-6;/h1-4H,5,7H2,(H,8,9,10);/q;+1/p-1. The van der Waals surface area contributed by atoms with Gasteiger partial charge < -0.3 is 10.3 Å². The molecule has 0 spiro atoms. The van der Waals surface area contributed by atoms with Crippen LogP contribution in [0.1, 0.15) is 6.42 Å². The number of hydrogen-bond donors (Lipinski definition) is 1. The third kappa shape index (κ3) is 2.42. The Morgan fingerprint density at radius 2 is 2.00 bits per heavy atom. The summed E-state index contributed by atoms with van der Waals surface area (Å²) in [6, 6.07) is 0. The van der Waals surface area contributed by atoms with E-state index in [0.717, 1.165) is 0 Å². The molecule has 1 unspecified atom stereocenters. The second-order valence-electron chi connectivity index (χ2n) is 2.40. The van der Waals surface area contributed by atoms with E-state index in [1.54, 1.807) is 12.2 Å². The molecular formula is C6H8NNaO3S. The van der Waals surface area contributed by atoms with Crippen molar-refractivity contribution in [3.05, 3.63) is 24.3 Å². The van der Waals surface area contributed by atoms with Crippen LogP contribution < -0.4 is 35.3 Å². The van der Waals surface area contributed by atoms with Gasteiger partial charge in [0, 0.05) is 6.42 Å². The molecular weight excluding hydrogens is 189 g/mol. The predicted molar refractivity (Wildman–Crippen MR) is 39.5 cm³/mol. The second-order valence-corrected chi connectivity index (χ2v) is 4.07. The number of hydrogen-bond acceptors (Lipinski definition) is 4. The van der Waals surface area contributed by atoms with Gasteiger partial charge in [-0.25, -0.2) is 8.42 Å². The average molecular weight is 197 g/mol. The summed E-state index contributed by atoms with van der Waals surface area (Å²) < 4.78 is 31.6. The molecule has 12 heavy (non-hydrogen) atoms. The molecule has 1 aliphatic carbocycles. The van der Waals surface area contributed by atoms with E-state index >= 15 is 0 Å². The monoisotopic (exact) mass is 197 g/mol. The van der Waals surface area contributed by atoms with Crippen molar-refractivity contribution in [2.75, 3.05) is 0 Å². The minimum absolute atomic E-state index is 0. The molecule has 0 amide bonds. The quantitative estimate of drug-likeness (QED) is 0.353. The molecule has 62 valence electrons. The van der Waals surface area contributed by atoms with E-state index in [-0.39, 0.29) is 36.0 Å². The van der Waals surface area contributed by atoms with Crippen LogP contribution in [0.25, 0.3) is 0 Å². The molecule has 0 aliphatic heterocycles. The van der Waals surface area contributed by atoms with Gasteiger partial charge in [0.1, 0.15) is 15.0 Å². The van der Waals surface area contributed by atoms with Crippen LogP contribution in [0.2, 0.25) is 0 Å². The van der Waals surface area contributed by atoms with Crippen LogP contribution in [0.4, 0.5) is 0 Å². The largest absolute Gasteiger partial charge is 1.00 e.